The summed E-state index contributed by atoms with van der Waals surface area (Å²) in [7, 11) is 0. The van der Waals surface area contributed by atoms with Gasteiger partial charge in [-0.2, -0.15) is 0 Å². The second-order valence-electron chi connectivity index (χ2n) is 6.59. The van der Waals surface area contributed by atoms with Crippen LogP contribution in [-0.4, -0.2) is 42.7 Å². The number of halogens is 1. The minimum absolute atomic E-state index is 0. The van der Waals surface area contributed by atoms with Crippen LogP contribution in [0.4, 0.5) is 5.69 Å². The van der Waals surface area contributed by atoms with Gasteiger partial charge in [0.25, 0.3) is 5.91 Å². The number of aliphatic hydroxyl groups excluding tert-OH is 1. The normalized spacial score (nSPS) is 27.9. The van der Waals surface area contributed by atoms with E-state index in [9.17, 15) is 14.7 Å². The smallest absolute Gasteiger partial charge is 0.251 e. The van der Waals surface area contributed by atoms with Crippen LogP contribution >= 0.6 is 12.4 Å². The number of hydrogen-bond acceptors (Lipinski definition) is 4. The zero-order valence-electron chi connectivity index (χ0n) is 13.6. The minimum atomic E-state index is -0.415. The number of carbonyl (C=O) groups excluding carboxylic acids is 2. The second-order valence-corrected chi connectivity index (χ2v) is 6.59. The predicted octanol–water partition coefficient (Wildman–Crippen LogP) is 1.01. The van der Waals surface area contributed by atoms with Crippen LogP contribution in [0.15, 0.2) is 24.3 Å². The molecule has 4 N–H and O–H groups in total. The Bertz CT molecular complexity index is 610. The van der Waals surface area contributed by atoms with Crippen LogP contribution < -0.4 is 16.0 Å². The van der Waals surface area contributed by atoms with Crippen molar-refractivity contribution in [3.05, 3.63) is 29.8 Å². The lowest BCUT2D eigenvalue weighted by Crippen LogP contribution is -2.34. The van der Waals surface area contributed by atoms with Gasteiger partial charge in [0.15, 0.2) is 0 Å². The predicted molar refractivity (Wildman–Crippen MR) is 94.3 cm³/mol. The number of carbonyl (C=O) groups is 2. The largest absolute Gasteiger partial charge is 0.391 e. The number of amides is 2. The molecule has 1 heterocycles. The summed E-state index contributed by atoms with van der Waals surface area (Å²) in [5.74, 6) is 0.421. The Hall–Kier alpha value is -1.63. The van der Waals surface area contributed by atoms with Gasteiger partial charge in [0.1, 0.15) is 0 Å². The van der Waals surface area contributed by atoms with Gasteiger partial charge < -0.3 is 21.1 Å². The molecule has 132 valence electrons. The fourth-order valence-electron chi connectivity index (χ4n) is 2.91. The van der Waals surface area contributed by atoms with E-state index >= 15 is 0 Å². The molecule has 1 aliphatic heterocycles. The SMILES string of the molecule is CC1CC1C(=O)Nc1cccc(C(=O)NCC2CNCC2O)c1.Cl. The highest BCUT2D eigenvalue weighted by molar-refractivity contribution is 5.98. The van der Waals surface area contributed by atoms with Crippen molar-refractivity contribution in [1.82, 2.24) is 10.6 Å². The summed E-state index contributed by atoms with van der Waals surface area (Å²) in [5, 5.41) is 18.5. The van der Waals surface area contributed by atoms with Gasteiger partial charge in [-0.3, -0.25) is 9.59 Å². The zero-order valence-corrected chi connectivity index (χ0v) is 14.4. The van der Waals surface area contributed by atoms with E-state index in [2.05, 4.69) is 22.9 Å². The highest BCUT2D eigenvalue weighted by Gasteiger charge is 2.39. The Kier molecular flexibility index (Phi) is 6.21. The van der Waals surface area contributed by atoms with Crippen LogP contribution in [0.2, 0.25) is 0 Å². The van der Waals surface area contributed by atoms with Crippen molar-refractivity contribution in [1.29, 1.82) is 0 Å². The van der Waals surface area contributed by atoms with Gasteiger partial charge in [-0.1, -0.05) is 13.0 Å². The minimum Gasteiger partial charge on any atom is -0.391 e. The molecule has 0 aromatic heterocycles. The number of nitrogens with one attached hydrogen (secondary N) is 3. The Morgan fingerprint density at radius 1 is 1.33 bits per heavy atom. The average Bonchev–Trinajstić information content (AvgIpc) is 3.13. The quantitative estimate of drug-likeness (QED) is 0.636. The lowest BCUT2D eigenvalue weighted by molar-refractivity contribution is -0.117. The first-order valence-electron chi connectivity index (χ1n) is 8.12. The maximum atomic E-state index is 12.2. The fraction of sp³-hybridized carbons (Fsp3) is 0.529. The number of aliphatic hydroxyl groups is 1. The Morgan fingerprint density at radius 3 is 2.71 bits per heavy atom. The van der Waals surface area contributed by atoms with Crippen molar-refractivity contribution in [2.24, 2.45) is 17.8 Å². The van der Waals surface area contributed by atoms with Crippen molar-refractivity contribution >= 4 is 29.9 Å². The first-order valence-corrected chi connectivity index (χ1v) is 8.12. The van der Waals surface area contributed by atoms with Crippen molar-refractivity contribution < 1.29 is 14.7 Å². The number of rotatable bonds is 5. The van der Waals surface area contributed by atoms with Gasteiger partial charge in [-0.25, -0.2) is 0 Å². The molecule has 1 saturated heterocycles. The zero-order chi connectivity index (χ0) is 16.4. The highest BCUT2D eigenvalue weighted by atomic mass is 35.5. The first kappa shape index (κ1) is 18.7. The summed E-state index contributed by atoms with van der Waals surface area (Å²) >= 11 is 0. The number of hydrogen-bond donors (Lipinski definition) is 4. The topological polar surface area (TPSA) is 90.5 Å². The fourth-order valence-corrected chi connectivity index (χ4v) is 2.91. The molecule has 1 saturated carbocycles. The summed E-state index contributed by atoms with van der Waals surface area (Å²) in [6.45, 7) is 3.77. The number of benzene rings is 1. The van der Waals surface area contributed by atoms with Crippen LogP contribution in [0, 0.1) is 17.8 Å². The summed E-state index contributed by atoms with van der Waals surface area (Å²) in [6.07, 6.45) is 0.519. The van der Waals surface area contributed by atoms with E-state index < -0.39 is 6.10 Å². The van der Waals surface area contributed by atoms with E-state index in [1.807, 2.05) is 0 Å². The molecule has 1 aromatic rings. The molecule has 6 nitrogen and oxygen atoms in total. The molecule has 1 aromatic carbocycles. The Labute approximate surface area is 147 Å². The maximum Gasteiger partial charge on any atom is 0.251 e. The molecular formula is C17H24ClN3O3. The summed E-state index contributed by atoms with van der Waals surface area (Å²) < 4.78 is 0. The third-order valence-electron chi connectivity index (χ3n) is 4.67. The summed E-state index contributed by atoms with van der Waals surface area (Å²) in [4.78, 5) is 24.2. The van der Waals surface area contributed by atoms with E-state index in [1.165, 1.54) is 0 Å². The van der Waals surface area contributed by atoms with Crippen molar-refractivity contribution in [3.8, 4) is 0 Å². The molecule has 0 spiro atoms. The third-order valence-corrected chi connectivity index (χ3v) is 4.67. The lowest BCUT2D eigenvalue weighted by Gasteiger charge is -2.14. The molecule has 0 bridgehead atoms. The van der Waals surface area contributed by atoms with Gasteiger partial charge in [0.05, 0.1) is 6.10 Å². The Balaban J connectivity index is 0.00000208. The van der Waals surface area contributed by atoms with Crippen molar-refractivity contribution in [3.63, 3.8) is 0 Å². The molecule has 3 rings (SSSR count). The van der Waals surface area contributed by atoms with Crippen LogP contribution in [0.1, 0.15) is 23.7 Å². The van der Waals surface area contributed by atoms with Crippen molar-refractivity contribution in [2.75, 3.05) is 25.0 Å². The molecule has 4 unspecified atom stereocenters. The molecule has 0 radical (unpaired) electrons. The highest BCUT2D eigenvalue weighted by Crippen LogP contribution is 2.38. The molecule has 4 atom stereocenters. The number of β-amino-alcohol motifs (C(OH)–C–C–N with tert-alkyl or cyclic N) is 1. The van der Waals surface area contributed by atoms with Crippen molar-refractivity contribution in [2.45, 2.75) is 19.4 Å². The molecule has 7 heteroatoms. The van der Waals surface area contributed by atoms with E-state index in [0.717, 1.165) is 6.42 Å². The monoisotopic (exact) mass is 353 g/mol. The first-order chi connectivity index (χ1) is 11.0. The van der Waals surface area contributed by atoms with E-state index in [4.69, 9.17) is 0 Å². The number of anilines is 1. The lowest BCUT2D eigenvalue weighted by atomic mass is 10.1. The summed E-state index contributed by atoms with van der Waals surface area (Å²) in [6, 6.07) is 6.94. The molecule has 2 amide bonds. The van der Waals surface area contributed by atoms with Crippen LogP contribution in [0.3, 0.4) is 0 Å². The van der Waals surface area contributed by atoms with E-state index in [0.29, 0.717) is 36.8 Å². The van der Waals surface area contributed by atoms with Gasteiger partial charge in [-0.15, -0.1) is 12.4 Å². The second kappa shape index (κ2) is 7.96. The van der Waals surface area contributed by atoms with Crippen LogP contribution in [0.25, 0.3) is 0 Å². The van der Waals surface area contributed by atoms with Crippen LogP contribution in [-0.2, 0) is 4.79 Å². The van der Waals surface area contributed by atoms with E-state index in [-0.39, 0.29) is 36.1 Å². The molecule has 24 heavy (non-hydrogen) atoms. The molecule has 2 aliphatic rings. The van der Waals surface area contributed by atoms with Crippen LogP contribution in [0.5, 0.6) is 0 Å². The van der Waals surface area contributed by atoms with Gasteiger partial charge in [-0.05, 0) is 30.5 Å². The van der Waals surface area contributed by atoms with Gasteiger partial charge in [0, 0.05) is 42.7 Å². The standard InChI is InChI=1S/C17H23N3O3.ClH/c1-10-5-14(10)17(23)20-13-4-2-3-11(6-13)16(22)19-8-12-7-18-9-15(12)21;/h2-4,6,10,12,14-15,18,21H,5,7-9H2,1H3,(H,19,22)(H,20,23);1H. The Morgan fingerprint density at radius 2 is 2.08 bits per heavy atom. The average molecular weight is 354 g/mol. The maximum absolute atomic E-state index is 12.2. The molecule has 2 fully saturated rings. The molecule has 1 aliphatic carbocycles. The summed E-state index contributed by atoms with van der Waals surface area (Å²) in [5.41, 5.74) is 1.15. The van der Waals surface area contributed by atoms with Gasteiger partial charge in [0.2, 0.25) is 5.91 Å². The third kappa shape index (κ3) is 4.47. The van der Waals surface area contributed by atoms with E-state index in [1.54, 1.807) is 24.3 Å². The van der Waals surface area contributed by atoms with Gasteiger partial charge >= 0.3 is 0 Å². The molecular weight excluding hydrogens is 330 g/mol.